The summed E-state index contributed by atoms with van der Waals surface area (Å²) >= 11 is 0. The smallest absolute Gasteiger partial charge is 0.255 e. The number of nitrogens with one attached hydrogen (secondary N) is 1. The Morgan fingerprint density at radius 2 is 1.55 bits per heavy atom. The molecule has 0 spiro atoms. The van der Waals surface area contributed by atoms with E-state index in [1.807, 2.05) is 18.2 Å². The lowest BCUT2D eigenvalue weighted by atomic mass is 9.81. The second-order valence-corrected chi connectivity index (χ2v) is 5.92. The van der Waals surface area contributed by atoms with Gasteiger partial charge < -0.3 is 5.32 Å². The highest BCUT2D eigenvalue weighted by Gasteiger charge is 2.33. The maximum atomic E-state index is 14.9. The van der Waals surface area contributed by atoms with Gasteiger partial charge in [-0.05, 0) is 55.5 Å². The minimum Gasteiger partial charge on any atom is -0.322 e. The Balaban J connectivity index is 1.70. The SMILES string of the molecule is O=C(Nc1ccc(C2(F)CCCCC2)cc1)c1ccccc1. The molecule has 3 heteroatoms. The highest BCUT2D eigenvalue weighted by Crippen LogP contribution is 2.40. The summed E-state index contributed by atoms with van der Waals surface area (Å²) in [7, 11) is 0. The quantitative estimate of drug-likeness (QED) is 0.842. The van der Waals surface area contributed by atoms with E-state index in [-0.39, 0.29) is 5.91 Å². The fourth-order valence-corrected chi connectivity index (χ4v) is 3.05. The van der Waals surface area contributed by atoms with Gasteiger partial charge in [-0.15, -0.1) is 0 Å². The summed E-state index contributed by atoms with van der Waals surface area (Å²) < 4.78 is 14.9. The van der Waals surface area contributed by atoms with Crippen LogP contribution in [-0.4, -0.2) is 5.91 Å². The van der Waals surface area contributed by atoms with E-state index in [2.05, 4.69) is 5.32 Å². The van der Waals surface area contributed by atoms with Gasteiger partial charge in [0.05, 0.1) is 0 Å². The number of amides is 1. The molecular weight excluding hydrogens is 277 g/mol. The molecular formula is C19H20FNO. The highest BCUT2D eigenvalue weighted by molar-refractivity contribution is 6.04. The second kappa shape index (κ2) is 6.30. The van der Waals surface area contributed by atoms with Gasteiger partial charge in [0.2, 0.25) is 0 Å². The van der Waals surface area contributed by atoms with Gasteiger partial charge in [-0.3, -0.25) is 4.79 Å². The molecule has 1 fully saturated rings. The largest absolute Gasteiger partial charge is 0.322 e. The summed E-state index contributed by atoms with van der Waals surface area (Å²) in [4.78, 5) is 12.1. The van der Waals surface area contributed by atoms with Crippen LogP contribution >= 0.6 is 0 Å². The first-order valence-electron chi connectivity index (χ1n) is 7.83. The maximum Gasteiger partial charge on any atom is 0.255 e. The van der Waals surface area contributed by atoms with Gasteiger partial charge in [0.25, 0.3) is 5.91 Å². The summed E-state index contributed by atoms with van der Waals surface area (Å²) in [5, 5.41) is 2.84. The van der Waals surface area contributed by atoms with Crippen LogP contribution in [-0.2, 0) is 5.67 Å². The molecule has 0 saturated heterocycles. The fraction of sp³-hybridized carbons (Fsp3) is 0.316. The van der Waals surface area contributed by atoms with E-state index in [9.17, 15) is 9.18 Å². The first-order chi connectivity index (χ1) is 10.7. The van der Waals surface area contributed by atoms with Crippen molar-refractivity contribution in [2.75, 3.05) is 5.32 Å². The number of alkyl halides is 1. The number of carbonyl (C=O) groups excluding carboxylic acids is 1. The average Bonchev–Trinajstić information content (AvgIpc) is 2.57. The molecule has 2 aromatic rings. The van der Waals surface area contributed by atoms with E-state index in [4.69, 9.17) is 0 Å². The van der Waals surface area contributed by atoms with Crippen LogP contribution in [0.2, 0.25) is 0 Å². The van der Waals surface area contributed by atoms with Gasteiger partial charge >= 0.3 is 0 Å². The molecule has 3 rings (SSSR count). The average molecular weight is 297 g/mol. The van der Waals surface area contributed by atoms with E-state index in [1.54, 1.807) is 36.4 Å². The van der Waals surface area contributed by atoms with E-state index < -0.39 is 5.67 Å². The van der Waals surface area contributed by atoms with Crippen LogP contribution in [0, 0.1) is 0 Å². The van der Waals surface area contributed by atoms with Crippen LogP contribution in [0.1, 0.15) is 48.0 Å². The molecule has 22 heavy (non-hydrogen) atoms. The number of anilines is 1. The number of rotatable bonds is 3. The molecule has 114 valence electrons. The van der Waals surface area contributed by atoms with Crippen molar-refractivity contribution in [3.8, 4) is 0 Å². The first kappa shape index (κ1) is 14.8. The molecule has 2 aromatic carbocycles. The molecule has 1 amide bonds. The van der Waals surface area contributed by atoms with E-state index >= 15 is 0 Å². The van der Waals surface area contributed by atoms with E-state index in [0.717, 1.165) is 24.8 Å². The number of carbonyl (C=O) groups is 1. The third-order valence-electron chi connectivity index (χ3n) is 4.34. The van der Waals surface area contributed by atoms with Crippen molar-refractivity contribution in [2.24, 2.45) is 0 Å². The van der Waals surface area contributed by atoms with Crippen LogP contribution in [0.5, 0.6) is 0 Å². The van der Waals surface area contributed by atoms with Gasteiger partial charge in [-0.25, -0.2) is 4.39 Å². The van der Waals surface area contributed by atoms with Crippen molar-refractivity contribution in [1.29, 1.82) is 0 Å². The Kier molecular flexibility index (Phi) is 4.23. The van der Waals surface area contributed by atoms with Crippen molar-refractivity contribution in [3.63, 3.8) is 0 Å². The molecule has 2 nitrogen and oxygen atoms in total. The van der Waals surface area contributed by atoms with Gasteiger partial charge in [-0.1, -0.05) is 36.8 Å². The summed E-state index contributed by atoms with van der Waals surface area (Å²) in [6, 6.07) is 16.2. The van der Waals surface area contributed by atoms with Crippen molar-refractivity contribution in [1.82, 2.24) is 0 Å². The van der Waals surface area contributed by atoms with E-state index in [0.29, 0.717) is 24.1 Å². The summed E-state index contributed by atoms with van der Waals surface area (Å²) in [5.74, 6) is -0.152. The summed E-state index contributed by atoms with van der Waals surface area (Å²) in [6.07, 6.45) is 4.22. The lowest BCUT2D eigenvalue weighted by Gasteiger charge is -2.30. The molecule has 0 bridgehead atoms. The van der Waals surface area contributed by atoms with Gasteiger partial charge in [0.15, 0.2) is 0 Å². The van der Waals surface area contributed by atoms with Crippen LogP contribution < -0.4 is 5.32 Å². The standard InChI is InChI=1S/C19H20FNO/c20-19(13-5-2-6-14-19)16-9-11-17(12-10-16)21-18(22)15-7-3-1-4-8-15/h1,3-4,7-12H,2,5-6,13-14H2,(H,21,22). The predicted molar refractivity (Wildman–Crippen MR) is 86.7 cm³/mol. The number of hydrogen-bond acceptors (Lipinski definition) is 1. The molecule has 0 unspecified atom stereocenters. The van der Waals surface area contributed by atoms with Crippen LogP contribution in [0.25, 0.3) is 0 Å². The van der Waals surface area contributed by atoms with Gasteiger partial charge in [0, 0.05) is 11.3 Å². The fourth-order valence-electron chi connectivity index (χ4n) is 3.05. The number of benzene rings is 2. The molecule has 1 aliphatic carbocycles. The van der Waals surface area contributed by atoms with Crippen LogP contribution in [0.15, 0.2) is 54.6 Å². The van der Waals surface area contributed by atoms with Gasteiger partial charge in [-0.2, -0.15) is 0 Å². The molecule has 1 aliphatic rings. The Morgan fingerprint density at radius 3 is 2.18 bits per heavy atom. The molecule has 0 heterocycles. The van der Waals surface area contributed by atoms with Crippen LogP contribution in [0.3, 0.4) is 0 Å². The van der Waals surface area contributed by atoms with Crippen LogP contribution in [0.4, 0.5) is 10.1 Å². The monoisotopic (exact) mass is 297 g/mol. The number of hydrogen-bond donors (Lipinski definition) is 1. The summed E-state index contributed by atoms with van der Waals surface area (Å²) in [5.41, 5.74) is 0.836. The molecule has 0 atom stereocenters. The zero-order valence-corrected chi connectivity index (χ0v) is 12.5. The Hall–Kier alpha value is -2.16. The minimum atomic E-state index is -1.19. The summed E-state index contributed by atoms with van der Waals surface area (Å²) in [6.45, 7) is 0. The molecule has 0 aromatic heterocycles. The Morgan fingerprint density at radius 1 is 0.909 bits per heavy atom. The molecule has 1 saturated carbocycles. The Labute approximate surface area is 130 Å². The molecule has 0 aliphatic heterocycles. The minimum absolute atomic E-state index is 0.152. The first-order valence-corrected chi connectivity index (χ1v) is 7.83. The predicted octanol–water partition coefficient (Wildman–Crippen LogP) is 5.07. The topological polar surface area (TPSA) is 29.1 Å². The normalized spacial score (nSPS) is 17.0. The lowest BCUT2D eigenvalue weighted by molar-refractivity contribution is 0.102. The van der Waals surface area contributed by atoms with Gasteiger partial charge in [0.1, 0.15) is 5.67 Å². The zero-order chi connectivity index (χ0) is 15.4. The van der Waals surface area contributed by atoms with Crippen molar-refractivity contribution < 1.29 is 9.18 Å². The molecule has 0 radical (unpaired) electrons. The van der Waals surface area contributed by atoms with E-state index in [1.165, 1.54) is 0 Å². The van der Waals surface area contributed by atoms with Crippen molar-refractivity contribution in [3.05, 3.63) is 65.7 Å². The van der Waals surface area contributed by atoms with Crippen molar-refractivity contribution in [2.45, 2.75) is 37.8 Å². The van der Waals surface area contributed by atoms with Crippen molar-refractivity contribution >= 4 is 11.6 Å². The molecule has 1 N–H and O–H groups in total. The third-order valence-corrected chi connectivity index (χ3v) is 4.34. The Bertz CT molecular complexity index is 630. The lowest BCUT2D eigenvalue weighted by Crippen LogP contribution is -2.23. The second-order valence-electron chi connectivity index (χ2n) is 5.92. The number of halogens is 1. The third kappa shape index (κ3) is 3.19. The zero-order valence-electron chi connectivity index (χ0n) is 12.5. The highest BCUT2D eigenvalue weighted by atomic mass is 19.1. The maximum absolute atomic E-state index is 14.9.